The maximum absolute atomic E-state index is 11.2. The van der Waals surface area contributed by atoms with Gasteiger partial charge in [0.1, 0.15) is 0 Å². The first kappa shape index (κ1) is 12.7. The van der Waals surface area contributed by atoms with E-state index in [0.29, 0.717) is 5.92 Å². The summed E-state index contributed by atoms with van der Waals surface area (Å²) in [6.07, 6.45) is 2.75. The normalized spacial score (nSPS) is 33.3. The molecule has 3 nitrogen and oxygen atoms in total. The number of carbonyl (C=O) groups is 1. The molecule has 78 valence electrons. The minimum Gasteiger partial charge on any atom is -0.469 e. The first-order valence-corrected chi connectivity index (χ1v) is 4.47. The van der Waals surface area contributed by atoms with Crippen molar-refractivity contribution >= 4 is 18.4 Å². The van der Waals surface area contributed by atoms with Crippen molar-refractivity contribution < 1.29 is 9.53 Å². The molecule has 0 aromatic rings. The molecule has 2 N–H and O–H groups in total. The topological polar surface area (TPSA) is 52.3 Å². The predicted octanol–water partition coefficient (Wildman–Crippen LogP) is 1.34. The summed E-state index contributed by atoms with van der Waals surface area (Å²) in [6.45, 7) is 2.13. The van der Waals surface area contributed by atoms with Crippen LogP contribution < -0.4 is 5.73 Å². The van der Waals surface area contributed by atoms with Crippen LogP contribution in [0, 0.1) is 11.8 Å². The lowest BCUT2D eigenvalue weighted by Crippen LogP contribution is -2.35. The van der Waals surface area contributed by atoms with Gasteiger partial charge in [0.2, 0.25) is 0 Å². The molecule has 0 unspecified atom stereocenters. The van der Waals surface area contributed by atoms with Crippen molar-refractivity contribution in [1.82, 2.24) is 0 Å². The van der Waals surface area contributed by atoms with Crippen LogP contribution >= 0.6 is 12.4 Å². The Balaban J connectivity index is 0.00000144. The molecule has 1 fully saturated rings. The molecule has 13 heavy (non-hydrogen) atoms. The summed E-state index contributed by atoms with van der Waals surface area (Å²) in [7, 11) is 1.44. The molecule has 4 heteroatoms. The Morgan fingerprint density at radius 1 is 1.38 bits per heavy atom. The fourth-order valence-electron chi connectivity index (χ4n) is 2.02. The quantitative estimate of drug-likeness (QED) is 0.661. The zero-order valence-corrected chi connectivity index (χ0v) is 8.97. The summed E-state index contributed by atoms with van der Waals surface area (Å²) in [5.74, 6) is 0.489. The zero-order valence-electron chi connectivity index (χ0n) is 8.16. The van der Waals surface area contributed by atoms with E-state index in [-0.39, 0.29) is 30.3 Å². The van der Waals surface area contributed by atoms with E-state index in [1.807, 2.05) is 0 Å². The molecule has 3 atom stereocenters. The molecule has 0 aliphatic heterocycles. The van der Waals surface area contributed by atoms with Crippen molar-refractivity contribution in [2.75, 3.05) is 7.11 Å². The Bertz CT molecular complexity index is 165. The molecule has 0 spiro atoms. The van der Waals surface area contributed by atoms with Crippen molar-refractivity contribution in [2.24, 2.45) is 17.6 Å². The molecule has 1 rings (SSSR count). The van der Waals surface area contributed by atoms with E-state index in [4.69, 9.17) is 10.5 Å². The first-order valence-electron chi connectivity index (χ1n) is 4.47. The number of ether oxygens (including phenoxy) is 1. The fourth-order valence-corrected chi connectivity index (χ4v) is 2.02. The molecule has 0 bridgehead atoms. The Morgan fingerprint density at radius 2 is 2.00 bits per heavy atom. The van der Waals surface area contributed by atoms with Gasteiger partial charge in [-0.2, -0.15) is 0 Å². The van der Waals surface area contributed by atoms with E-state index in [0.717, 1.165) is 19.3 Å². The molecular formula is C9H18ClNO2. The number of hydrogen-bond donors (Lipinski definition) is 1. The lowest BCUT2D eigenvalue weighted by Gasteiger charge is -2.29. The van der Waals surface area contributed by atoms with Gasteiger partial charge in [0.15, 0.2) is 0 Å². The third-order valence-corrected chi connectivity index (χ3v) is 2.51. The second kappa shape index (κ2) is 5.45. The van der Waals surface area contributed by atoms with Gasteiger partial charge < -0.3 is 10.5 Å². The largest absolute Gasteiger partial charge is 0.469 e. The summed E-state index contributed by atoms with van der Waals surface area (Å²) < 4.78 is 4.69. The van der Waals surface area contributed by atoms with Crippen molar-refractivity contribution in [2.45, 2.75) is 32.2 Å². The van der Waals surface area contributed by atoms with Crippen LogP contribution in [0.2, 0.25) is 0 Å². The number of halogens is 1. The number of rotatable bonds is 1. The SMILES string of the molecule is COC(=O)[C@@H]1C[C@H](C)C[C@@H](N)C1.Cl. The smallest absolute Gasteiger partial charge is 0.308 e. The van der Waals surface area contributed by atoms with Gasteiger partial charge in [-0.1, -0.05) is 6.92 Å². The minimum atomic E-state index is -0.1000. The predicted molar refractivity (Wildman–Crippen MR) is 53.7 cm³/mol. The Morgan fingerprint density at radius 3 is 2.46 bits per heavy atom. The van der Waals surface area contributed by atoms with Gasteiger partial charge in [0.05, 0.1) is 13.0 Å². The Hall–Kier alpha value is -0.280. The average Bonchev–Trinajstić information content (AvgIpc) is 2.01. The summed E-state index contributed by atoms with van der Waals surface area (Å²) >= 11 is 0. The molecule has 0 saturated heterocycles. The van der Waals surface area contributed by atoms with Crippen molar-refractivity contribution in [3.8, 4) is 0 Å². The van der Waals surface area contributed by atoms with Crippen molar-refractivity contribution in [3.63, 3.8) is 0 Å². The third kappa shape index (κ3) is 3.53. The van der Waals surface area contributed by atoms with Crippen molar-refractivity contribution in [3.05, 3.63) is 0 Å². The number of esters is 1. The van der Waals surface area contributed by atoms with Crippen molar-refractivity contribution in [1.29, 1.82) is 0 Å². The van der Waals surface area contributed by atoms with Gasteiger partial charge in [-0.15, -0.1) is 12.4 Å². The van der Waals surface area contributed by atoms with Crippen LogP contribution in [0.15, 0.2) is 0 Å². The van der Waals surface area contributed by atoms with Gasteiger partial charge in [0.25, 0.3) is 0 Å². The van der Waals surface area contributed by atoms with Crippen LogP contribution in [0.25, 0.3) is 0 Å². The molecule has 0 heterocycles. The second-order valence-corrected chi connectivity index (χ2v) is 3.79. The molecule has 1 saturated carbocycles. The highest BCUT2D eigenvalue weighted by atomic mass is 35.5. The van der Waals surface area contributed by atoms with E-state index in [2.05, 4.69) is 6.92 Å². The maximum Gasteiger partial charge on any atom is 0.308 e. The molecule has 0 aromatic carbocycles. The first-order chi connectivity index (χ1) is 5.63. The summed E-state index contributed by atoms with van der Waals surface area (Å²) in [6, 6.07) is 0.179. The highest BCUT2D eigenvalue weighted by Crippen LogP contribution is 2.28. The van der Waals surface area contributed by atoms with Crippen LogP contribution in [0.5, 0.6) is 0 Å². The van der Waals surface area contributed by atoms with Gasteiger partial charge in [0, 0.05) is 6.04 Å². The summed E-state index contributed by atoms with van der Waals surface area (Å²) in [5, 5.41) is 0. The van der Waals surface area contributed by atoms with Gasteiger partial charge in [-0.25, -0.2) is 0 Å². The van der Waals surface area contributed by atoms with Crippen LogP contribution in [-0.2, 0) is 9.53 Å². The second-order valence-electron chi connectivity index (χ2n) is 3.79. The molecule has 1 aliphatic rings. The van der Waals surface area contributed by atoms with Gasteiger partial charge in [-0.05, 0) is 25.2 Å². The number of nitrogens with two attached hydrogens (primary N) is 1. The number of hydrogen-bond acceptors (Lipinski definition) is 3. The van der Waals surface area contributed by atoms with E-state index < -0.39 is 0 Å². The highest BCUT2D eigenvalue weighted by molar-refractivity contribution is 5.85. The highest BCUT2D eigenvalue weighted by Gasteiger charge is 2.29. The van der Waals surface area contributed by atoms with Crippen LogP contribution in [0.3, 0.4) is 0 Å². The lowest BCUT2D eigenvalue weighted by atomic mass is 9.80. The fraction of sp³-hybridized carbons (Fsp3) is 0.889. The summed E-state index contributed by atoms with van der Waals surface area (Å²) in [5.41, 5.74) is 5.80. The molecule has 0 radical (unpaired) electrons. The average molecular weight is 208 g/mol. The van der Waals surface area contributed by atoms with E-state index in [9.17, 15) is 4.79 Å². The third-order valence-electron chi connectivity index (χ3n) is 2.51. The number of carbonyl (C=O) groups excluding carboxylic acids is 1. The Kier molecular flexibility index (Phi) is 5.33. The Labute approximate surface area is 85.4 Å². The van der Waals surface area contributed by atoms with Crippen LogP contribution in [-0.4, -0.2) is 19.1 Å². The lowest BCUT2D eigenvalue weighted by molar-refractivity contribution is -0.147. The van der Waals surface area contributed by atoms with E-state index in [1.54, 1.807) is 0 Å². The molecule has 0 amide bonds. The molecular weight excluding hydrogens is 190 g/mol. The van der Waals surface area contributed by atoms with E-state index >= 15 is 0 Å². The molecule has 0 aromatic heterocycles. The maximum atomic E-state index is 11.2. The van der Waals surface area contributed by atoms with Crippen LogP contribution in [0.4, 0.5) is 0 Å². The molecule has 1 aliphatic carbocycles. The zero-order chi connectivity index (χ0) is 9.14. The minimum absolute atomic E-state index is 0. The monoisotopic (exact) mass is 207 g/mol. The van der Waals surface area contributed by atoms with Gasteiger partial charge in [-0.3, -0.25) is 4.79 Å². The number of methoxy groups -OCH3 is 1. The van der Waals surface area contributed by atoms with Crippen LogP contribution in [0.1, 0.15) is 26.2 Å². The summed E-state index contributed by atoms with van der Waals surface area (Å²) in [4.78, 5) is 11.2. The standard InChI is InChI=1S/C9H17NO2.ClH/c1-6-3-7(9(11)12-2)5-8(10)4-6;/h6-8H,3-5,10H2,1-2H3;1H/t6-,7+,8+;/m0./s1. The van der Waals surface area contributed by atoms with Gasteiger partial charge >= 0.3 is 5.97 Å². The van der Waals surface area contributed by atoms with E-state index in [1.165, 1.54) is 7.11 Å².